The molecule has 74 heavy (non-hydrogen) atoms. The van der Waals surface area contributed by atoms with E-state index >= 15 is 0 Å². The molecule has 0 spiro atoms. The first-order valence-electron chi connectivity index (χ1n) is 25.0. The van der Waals surface area contributed by atoms with E-state index in [0.29, 0.717) is 30.5 Å². The summed E-state index contributed by atoms with van der Waals surface area (Å²) >= 11 is 0. The molecule has 18 nitrogen and oxygen atoms in total. The maximum Gasteiger partial charge on any atom is 0.419 e. The summed E-state index contributed by atoms with van der Waals surface area (Å²) in [4.78, 5) is 43.3. The number of anilines is 4. The molecule has 3 amide bonds. The van der Waals surface area contributed by atoms with E-state index in [1.54, 1.807) is 30.6 Å². The number of halogens is 1. The van der Waals surface area contributed by atoms with E-state index in [2.05, 4.69) is 155 Å². The minimum absolute atomic E-state index is 0.00298. The lowest BCUT2D eigenvalue weighted by atomic mass is 10.2. The van der Waals surface area contributed by atoms with Crippen LogP contribution in [0.15, 0.2) is 104 Å². The quantitative estimate of drug-likeness (QED) is 0.116. The Morgan fingerprint density at radius 2 is 1.08 bits per heavy atom. The van der Waals surface area contributed by atoms with Gasteiger partial charge in [0.05, 0.1) is 42.0 Å². The lowest BCUT2D eigenvalue weighted by molar-refractivity contribution is 0.208. The number of hydrogen-bond donors (Lipinski definition) is 3. The largest absolute Gasteiger partial charge is 0.542 e. The molecule has 0 unspecified atom stereocenters. The van der Waals surface area contributed by atoms with Gasteiger partial charge in [0.25, 0.3) is 16.6 Å². The van der Waals surface area contributed by atoms with Crippen molar-refractivity contribution in [3.63, 3.8) is 0 Å². The topological polar surface area (TPSA) is 182 Å². The first kappa shape index (κ1) is 54.7. The molecule has 9 rings (SSSR count). The average Bonchev–Trinajstić information content (AvgIpc) is 3.93. The van der Waals surface area contributed by atoms with Gasteiger partial charge >= 0.3 is 12.1 Å². The zero-order valence-electron chi connectivity index (χ0n) is 44.9. The first-order chi connectivity index (χ1) is 34.9. The van der Waals surface area contributed by atoms with Crippen molar-refractivity contribution in [1.82, 2.24) is 44.7 Å². The van der Waals surface area contributed by atoms with Gasteiger partial charge in [-0.25, -0.2) is 28.9 Å². The highest BCUT2D eigenvalue weighted by molar-refractivity contribution is 6.75. The first-order valence-corrected chi connectivity index (χ1v) is 30.8. The van der Waals surface area contributed by atoms with E-state index in [9.17, 15) is 14.0 Å². The minimum atomic E-state index is -1.94. The Kier molecular flexibility index (Phi) is 17.0. The van der Waals surface area contributed by atoms with Crippen molar-refractivity contribution in [2.24, 2.45) is 14.1 Å². The normalized spacial score (nSPS) is 14.4. The molecule has 2 aliphatic rings. The summed E-state index contributed by atoms with van der Waals surface area (Å²) in [6, 6.07) is 22.3. The summed E-state index contributed by atoms with van der Waals surface area (Å²) in [5, 5.41) is 19.9. The summed E-state index contributed by atoms with van der Waals surface area (Å²) in [7, 11) is 0.0850. The maximum atomic E-state index is 12.8. The number of carbonyl (C=O) groups is 2. The Morgan fingerprint density at radius 1 is 0.595 bits per heavy atom. The van der Waals surface area contributed by atoms with Gasteiger partial charge in [0, 0.05) is 94.7 Å². The number of hydrogen-bond acceptors (Lipinski definition) is 13. The van der Waals surface area contributed by atoms with Crippen LogP contribution in [0.25, 0.3) is 21.8 Å². The molecule has 5 aromatic heterocycles. The highest BCUT2D eigenvalue weighted by Gasteiger charge is 2.40. The summed E-state index contributed by atoms with van der Waals surface area (Å²) in [5.41, 5.74) is 4.78. The third-order valence-electron chi connectivity index (χ3n) is 14.1. The van der Waals surface area contributed by atoms with Crippen molar-refractivity contribution in [3.05, 3.63) is 110 Å². The van der Waals surface area contributed by atoms with Gasteiger partial charge in [0.1, 0.15) is 29.0 Å². The number of nitrogens with zero attached hydrogens (tertiary/aromatic N) is 10. The number of fused-ring (bicyclic) bond motifs is 2. The number of urea groups is 1. The third-order valence-corrected chi connectivity index (χ3v) is 22.8. The standard InChI is InChI=1S/C24H34N6O2Si.C17H22FN3O3Si.C12H16N4/c1-24(2,3)33(5,6)32-20-9-10-22(25-17-20)27-23(31)30-13-11-29(12-14-30)19-8-7-18-16-26-28(4)21(18)15-19;1-17(2,3)25(4,5)24-13-7-8-14(19-11-13)21-16(22)23-15-9-6-12(18)10-20-15;1-15-12-8-11(3-2-10(12)9-14-15)16-6-4-13-5-7-16/h7-10,15-17H,11-14H2,1-6H3,(H,25,27,31);6-11H,1-5H3,(H,19,21,22);2-3,8-9,13H,4-7H2,1H3. The van der Waals surface area contributed by atoms with Crippen molar-refractivity contribution in [1.29, 1.82) is 0 Å². The summed E-state index contributed by atoms with van der Waals surface area (Å²) in [6.07, 6.45) is 7.26. The van der Waals surface area contributed by atoms with Crippen LogP contribution in [-0.2, 0) is 14.1 Å². The predicted molar refractivity (Wildman–Crippen MR) is 297 cm³/mol. The number of nitrogens with one attached hydrogen (secondary N) is 3. The van der Waals surface area contributed by atoms with Gasteiger partial charge in [0.2, 0.25) is 5.88 Å². The van der Waals surface area contributed by atoms with Crippen LogP contribution in [0.5, 0.6) is 17.4 Å². The van der Waals surface area contributed by atoms with E-state index in [1.807, 2.05) is 46.8 Å². The second kappa shape index (κ2) is 23.0. The zero-order valence-corrected chi connectivity index (χ0v) is 46.9. The predicted octanol–water partition coefficient (Wildman–Crippen LogP) is 10.3. The SMILES string of the molecule is CC(C)(C)[Si](C)(C)Oc1ccc(NC(=O)Oc2ccc(F)cn2)nc1.Cn1ncc2ccc(N3CCN(C(=O)Nc4ccc(O[Si](C)(C)C(C)(C)C)cn4)CC3)cc21.Cn1ncc2ccc(N3CCNCC3)cc21. The molecule has 2 saturated heterocycles. The van der Waals surface area contributed by atoms with E-state index in [-0.39, 0.29) is 22.0 Å². The van der Waals surface area contributed by atoms with Crippen LogP contribution >= 0.6 is 0 Å². The highest BCUT2D eigenvalue weighted by atomic mass is 28.4. The van der Waals surface area contributed by atoms with Gasteiger partial charge in [-0.2, -0.15) is 10.2 Å². The van der Waals surface area contributed by atoms with Crippen LogP contribution in [0, 0.1) is 5.82 Å². The smallest absolute Gasteiger partial charge is 0.419 e. The molecule has 0 atom stereocenters. The maximum absolute atomic E-state index is 12.8. The molecule has 2 aliphatic heterocycles. The molecule has 7 heterocycles. The van der Waals surface area contributed by atoms with Gasteiger partial charge in [-0.15, -0.1) is 0 Å². The average molecular weight is 1050 g/mol. The van der Waals surface area contributed by atoms with Crippen molar-refractivity contribution < 1.29 is 27.6 Å². The molecule has 0 saturated carbocycles. The van der Waals surface area contributed by atoms with Crippen molar-refractivity contribution >= 4 is 73.6 Å². The Bertz CT molecular complexity index is 2980. The molecule has 394 valence electrons. The molecule has 2 aromatic carbocycles. The highest BCUT2D eigenvalue weighted by Crippen LogP contribution is 2.38. The molecule has 7 aromatic rings. The number of carbonyl (C=O) groups excluding carboxylic acids is 2. The van der Waals surface area contributed by atoms with E-state index in [0.717, 1.165) is 73.9 Å². The molecule has 3 N–H and O–H groups in total. The fourth-order valence-electron chi connectivity index (χ4n) is 7.51. The zero-order chi connectivity index (χ0) is 53.4. The molecule has 0 bridgehead atoms. The second-order valence-electron chi connectivity index (χ2n) is 21.5. The summed E-state index contributed by atoms with van der Waals surface area (Å²) in [5.74, 6) is 1.74. The Balaban J connectivity index is 0.000000172. The van der Waals surface area contributed by atoms with Gasteiger partial charge in [-0.3, -0.25) is 20.0 Å². The molecular weight excluding hydrogens is 974 g/mol. The monoisotopic (exact) mass is 1050 g/mol. The second-order valence-corrected chi connectivity index (χ2v) is 30.9. The Labute approximate surface area is 435 Å². The molecule has 0 aliphatic carbocycles. The van der Waals surface area contributed by atoms with E-state index in [1.165, 1.54) is 22.7 Å². The van der Waals surface area contributed by atoms with Crippen molar-refractivity contribution in [2.75, 3.05) is 72.8 Å². The Morgan fingerprint density at radius 3 is 1.53 bits per heavy atom. The van der Waals surface area contributed by atoms with E-state index in [4.69, 9.17) is 13.6 Å². The number of aryl methyl sites for hydroxylation is 2. The Hall–Kier alpha value is -7.11. The summed E-state index contributed by atoms with van der Waals surface area (Å²) < 4.78 is 33.9. The van der Waals surface area contributed by atoms with Crippen LogP contribution in [0.1, 0.15) is 41.5 Å². The van der Waals surface area contributed by atoms with Crippen LogP contribution in [0.4, 0.5) is 37.0 Å². The van der Waals surface area contributed by atoms with Crippen LogP contribution in [0.2, 0.25) is 36.3 Å². The number of piperazine rings is 2. The number of amides is 3. The summed E-state index contributed by atoms with van der Waals surface area (Å²) in [6.45, 7) is 29.0. The van der Waals surface area contributed by atoms with E-state index < -0.39 is 28.5 Å². The van der Waals surface area contributed by atoms with Crippen LogP contribution in [0.3, 0.4) is 0 Å². The van der Waals surface area contributed by atoms with Crippen LogP contribution < -0.4 is 39.3 Å². The van der Waals surface area contributed by atoms with Gasteiger partial charge < -0.3 is 33.6 Å². The number of benzene rings is 2. The van der Waals surface area contributed by atoms with Crippen LogP contribution in [-0.4, -0.2) is 121 Å². The molecular formula is C53H72FN13O5Si2. The van der Waals surface area contributed by atoms with Gasteiger partial charge in [-0.1, -0.05) is 41.5 Å². The fourth-order valence-corrected chi connectivity index (χ4v) is 9.54. The number of aromatic nitrogens is 7. The van der Waals surface area contributed by atoms with Gasteiger partial charge in [-0.05, 0) is 103 Å². The van der Waals surface area contributed by atoms with Crippen molar-refractivity contribution in [3.8, 4) is 17.4 Å². The number of ether oxygens (including phenoxy) is 1. The van der Waals surface area contributed by atoms with Gasteiger partial charge in [0.15, 0.2) is 0 Å². The lowest BCUT2D eigenvalue weighted by Crippen LogP contribution is -2.50. The number of pyridine rings is 3. The molecule has 0 radical (unpaired) electrons. The molecule has 21 heteroatoms. The fraction of sp³-hybridized carbons (Fsp3) is 0.415. The lowest BCUT2D eigenvalue weighted by Gasteiger charge is -2.36. The minimum Gasteiger partial charge on any atom is -0.542 e. The molecule has 2 fully saturated rings. The van der Waals surface area contributed by atoms with Crippen molar-refractivity contribution in [2.45, 2.75) is 77.8 Å². The third kappa shape index (κ3) is 14.1. The number of rotatable bonds is 9.